The third kappa shape index (κ3) is 4.50. The van der Waals surface area contributed by atoms with Crippen molar-refractivity contribution in [3.05, 3.63) is 54.1 Å². The van der Waals surface area contributed by atoms with Gasteiger partial charge in [0.15, 0.2) is 0 Å². The molecular formula is C22H26N2O3S. The van der Waals surface area contributed by atoms with Crippen molar-refractivity contribution in [1.29, 1.82) is 0 Å². The Hall–Kier alpha value is -2.47. The second kappa shape index (κ2) is 9.64. The molecule has 148 valence electrons. The molecule has 2 aromatic rings. The number of ether oxygens (including phenoxy) is 1. The number of thioether (sulfide) groups is 1. The fourth-order valence-corrected chi connectivity index (χ4v) is 4.52. The molecule has 3 rings (SSSR count). The van der Waals surface area contributed by atoms with E-state index in [0.29, 0.717) is 17.9 Å². The van der Waals surface area contributed by atoms with E-state index in [4.69, 9.17) is 4.74 Å². The van der Waals surface area contributed by atoms with Crippen molar-refractivity contribution in [3.63, 3.8) is 0 Å². The first-order valence-corrected chi connectivity index (χ1v) is 10.7. The van der Waals surface area contributed by atoms with Crippen LogP contribution in [0.4, 0.5) is 11.4 Å². The lowest BCUT2D eigenvalue weighted by atomic mass is 10.1. The second-order valence-corrected chi connectivity index (χ2v) is 7.76. The van der Waals surface area contributed by atoms with Crippen LogP contribution in [-0.2, 0) is 9.59 Å². The molecule has 0 aliphatic carbocycles. The number of hydrogen-bond acceptors (Lipinski definition) is 4. The zero-order chi connectivity index (χ0) is 19.9. The van der Waals surface area contributed by atoms with Crippen molar-refractivity contribution >= 4 is 35.0 Å². The lowest BCUT2D eigenvalue weighted by molar-refractivity contribution is -0.116. The SMILES string of the molecule is CCCCCC(=O)Nc1ccccc1[C@H]1SCC(=O)N1c1ccccc1OC. The number of amides is 2. The third-order valence-electron chi connectivity index (χ3n) is 4.72. The van der Waals surface area contributed by atoms with Gasteiger partial charge in [0.25, 0.3) is 0 Å². The number of unbranched alkanes of at least 4 members (excludes halogenated alkanes) is 2. The molecule has 1 aliphatic rings. The van der Waals surface area contributed by atoms with Crippen LogP contribution in [0, 0.1) is 0 Å². The van der Waals surface area contributed by atoms with Gasteiger partial charge in [0.05, 0.1) is 18.6 Å². The molecule has 1 aliphatic heterocycles. The minimum Gasteiger partial charge on any atom is -0.495 e. The minimum absolute atomic E-state index is 0.0130. The molecule has 1 saturated heterocycles. The monoisotopic (exact) mass is 398 g/mol. The maximum absolute atomic E-state index is 12.7. The fraction of sp³-hybridized carbons (Fsp3) is 0.364. The molecule has 2 amide bonds. The fourth-order valence-electron chi connectivity index (χ4n) is 3.32. The molecule has 0 aromatic heterocycles. The number of rotatable bonds is 8. The van der Waals surface area contributed by atoms with E-state index >= 15 is 0 Å². The predicted octanol–water partition coefficient (Wildman–Crippen LogP) is 4.99. The molecule has 2 aromatic carbocycles. The molecule has 1 atom stereocenters. The summed E-state index contributed by atoms with van der Waals surface area (Å²) in [5.74, 6) is 1.09. The van der Waals surface area contributed by atoms with Crippen LogP contribution in [0.25, 0.3) is 0 Å². The molecule has 28 heavy (non-hydrogen) atoms. The van der Waals surface area contributed by atoms with Gasteiger partial charge in [0.2, 0.25) is 11.8 Å². The van der Waals surface area contributed by atoms with E-state index in [2.05, 4.69) is 12.2 Å². The molecule has 0 unspecified atom stereocenters. The van der Waals surface area contributed by atoms with Gasteiger partial charge < -0.3 is 10.1 Å². The van der Waals surface area contributed by atoms with Crippen molar-refractivity contribution < 1.29 is 14.3 Å². The first kappa shape index (κ1) is 20.3. The maximum atomic E-state index is 12.7. The van der Waals surface area contributed by atoms with Crippen LogP contribution in [0.1, 0.15) is 43.5 Å². The first-order chi connectivity index (χ1) is 13.7. The highest BCUT2D eigenvalue weighted by molar-refractivity contribution is 8.00. The minimum atomic E-state index is -0.212. The van der Waals surface area contributed by atoms with Crippen molar-refractivity contribution in [1.82, 2.24) is 0 Å². The normalized spacial score (nSPS) is 16.3. The number of hydrogen-bond donors (Lipinski definition) is 1. The summed E-state index contributed by atoms with van der Waals surface area (Å²) < 4.78 is 5.47. The highest BCUT2D eigenvalue weighted by Gasteiger charge is 2.36. The molecular weight excluding hydrogens is 372 g/mol. The van der Waals surface area contributed by atoms with E-state index in [9.17, 15) is 9.59 Å². The van der Waals surface area contributed by atoms with E-state index < -0.39 is 0 Å². The van der Waals surface area contributed by atoms with E-state index in [0.717, 1.165) is 36.2 Å². The van der Waals surface area contributed by atoms with Crippen LogP contribution in [0.15, 0.2) is 48.5 Å². The average molecular weight is 399 g/mol. The maximum Gasteiger partial charge on any atom is 0.238 e. The topological polar surface area (TPSA) is 58.6 Å². The average Bonchev–Trinajstić information content (AvgIpc) is 3.09. The number of nitrogens with zero attached hydrogens (tertiary/aromatic N) is 1. The Bertz CT molecular complexity index is 840. The Morgan fingerprint density at radius 2 is 1.93 bits per heavy atom. The Labute approximate surface area is 170 Å². The third-order valence-corrected chi connectivity index (χ3v) is 5.92. The summed E-state index contributed by atoms with van der Waals surface area (Å²) in [7, 11) is 1.60. The first-order valence-electron chi connectivity index (χ1n) is 9.61. The van der Waals surface area contributed by atoms with Crippen molar-refractivity contribution in [3.8, 4) is 5.75 Å². The molecule has 1 N–H and O–H groups in total. The molecule has 0 bridgehead atoms. The number of para-hydroxylation sites is 3. The summed E-state index contributed by atoms with van der Waals surface area (Å²) in [5.41, 5.74) is 2.43. The smallest absolute Gasteiger partial charge is 0.238 e. The Kier molecular flexibility index (Phi) is 6.98. The largest absolute Gasteiger partial charge is 0.495 e. The second-order valence-electron chi connectivity index (χ2n) is 6.69. The lowest BCUT2D eigenvalue weighted by Gasteiger charge is -2.27. The quantitative estimate of drug-likeness (QED) is 0.636. The van der Waals surface area contributed by atoms with Gasteiger partial charge in [0.1, 0.15) is 11.1 Å². The number of nitrogens with one attached hydrogen (secondary N) is 1. The van der Waals surface area contributed by atoms with E-state index in [1.165, 1.54) is 0 Å². The summed E-state index contributed by atoms with van der Waals surface area (Å²) in [6.07, 6.45) is 3.52. The molecule has 0 radical (unpaired) electrons. The molecule has 0 spiro atoms. The Morgan fingerprint density at radius 3 is 2.71 bits per heavy atom. The van der Waals surface area contributed by atoms with Gasteiger partial charge in [-0.05, 0) is 24.6 Å². The van der Waals surface area contributed by atoms with Crippen LogP contribution in [0.2, 0.25) is 0 Å². The number of carbonyl (C=O) groups is 2. The van der Waals surface area contributed by atoms with E-state index in [1.807, 2.05) is 48.5 Å². The highest BCUT2D eigenvalue weighted by Crippen LogP contribution is 2.46. The standard InChI is InChI=1S/C22H26N2O3S/c1-3-4-5-14-20(25)23-17-11-7-6-10-16(17)22-24(21(26)15-28-22)18-12-8-9-13-19(18)27-2/h6-13,22H,3-5,14-15H2,1-2H3,(H,23,25)/t22-/m1/s1. The molecule has 1 heterocycles. The van der Waals surface area contributed by atoms with Crippen molar-refractivity contribution in [2.75, 3.05) is 23.1 Å². The van der Waals surface area contributed by atoms with Crippen LogP contribution in [0.3, 0.4) is 0 Å². The zero-order valence-electron chi connectivity index (χ0n) is 16.3. The van der Waals surface area contributed by atoms with Crippen LogP contribution in [-0.4, -0.2) is 24.7 Å². The molecule has 5 nitrogen and oxygen atoms in total. The van der Waals surface area contributed by atoms with Gasteiger partial charge >= 0.3 is 0 Å². The van der Waals surface area contributed by atoms with Crippen LogP contribution >= 0.6 is 11.8 Å². The van der Waals surface area contributed by atoms with Gasteiger partial charge in [-0.1, -0.05) is 50.1 Å². The number of benzene rings is 2. The number of methoxy groups -OCH3 is 1. The molecule has 1 fully saturated rings. The van der Waals surface area contributed by atoms with Crippen molar-refractivity contribution in [2.45, 2.75) is 38.0 Å². The summed E-state index contributed by atoms with van der Waals surface area (Å²) in [6.45, 7) is 2.12. The van der Waals surface area contributed by atoms with E-state index in [1.54, 1.807) is 23.8 Å². The van der Waals surface area contributed by atoms with Gasteiger partial charge in [-0.3, -0.25) is 14.5 Å². The highest BCUT2D eigenvalue weighted by atomic mass is 32.2. The van der Waals surface area contributed by atoms with Crippen LogP contribution in [0.5, 0.6) is 5.75 Å². The van der Waals surface area contributed by atoms with Gasteiger partial charge in [-0.25, -0.2) is 0 Å². The summed E-state index contributed by atoms with van der Waals surface area (Å²) in [5, 5.41) is 2.83. The molecule has 0 saturated carbocycles. The van der Waals surface area contributed by atoms with Gasteiger partial charge in [0, 0.05) is 17.7 Å². The zero-order valence-corrected chi connectivity index (χ0v) is 17.1. The summed E-state index contributed by atoms with van der Waals surface area (Å²) >= 11 is 1.56. The van der Waals surface area contributed by atoms with Gasteiger partial charge in [-0.15, -0.1) is 11.8 Å². The summed E-state index contributed by atoms with van der Waals surface area (Å²) in [4.78, 5) is 26.8. The number of anilines is 2. The van der Waals surface area contributed by atoms with Crippen molar-refractivity contribution in [2.24, 2.45) is 0 Å². The van der Waals surface area contributed by atoms with Gasteiger partial charge in [-0.2, -0.15) is 0 Å². The lowest BCUT2D eigenvalue weighted by Crippen LogP contribution is -2.29. The Balaban J connectivity index is 1.88. The van der Waals surface area contributed by atoms with E-state index in [-0.39, 0.29) is 17.2 Å². The Morgan fingerprint density at radius 1 is 1.18 bits per heavy atom. The number of carbonyl (C=O) groups excluding carboxylic acids is 2. The molecule has 6 heteroatoms. The summed E-state index contributed by atoms with van der Waals surface area (Å²) in [6, 6.07) is 15.2. The predicted molar refractivity (Wildman–Crippen MR) is 115 cm³/mol. The van der Waals surface area contributed by atoms with Crippen LogP contribution < -0.4 is 15.0 Å².